The van der Waals surface area contributed by atoms with Crippen molar-refractivity contribution >= 4 is 32.5 Å². The van der Waals surface area contributed by atoms with Crippen LogP contribution in [0.3, 0.4) is 0 Å². The summed E-state index contributed by atoms with van der Waals surface area (Å²) in [6.45, 7) is 6.75. The van der Waals surface area contributed by atoms with Crippen LogP contribution < -0.4 is 10.0 Å². The van der Waals surface area contributed by atoms with Crippen molar-refractivity contribution in [3.8, 4) is 11.4 Å². The molecular formula is C18H23ClN4O2S. The van der Waals surface area contributed by atoms with E-state index in [9.17, 15) is 8.42 Å². The fourth-order valence-electron chi connectivity index (χ4n) is 3.22. The number of primary sulfonamides is 1. The molecule has 0 bridgehead atoms. The van der Waals surface area contributed by atoms with Crippen molar-refractivity contribution in [3.63, 3.8) is 0 Å². The molecule has 0 amide bonds. The second-order valence-electron chi connectivity index (χ2n) is 6.33. The van der Waals surface area contributed by atoms with E-state index in [2.05, 4.69) is 23.3 Å². The number of nitrogens with zero attached hydrogens (tertiary/aromatic N) is 3. The van der Waals surface area contributed by atoms with Crippen LogP contribution in [0.1, 0.15) is 32.4 Å². The first-order chi connectivity index (χ1) is 12.4. The summed E-state index contributed by atoms with van der Waals surface area (Å²) in [7, 11) is -3.71. The molecule has 0 atom stereocenters. The molecule has 1 aromatic heterocycles. The number of imidazole rings is 1. The van der Waals surface area contributed by atoms with Gasteiger partial charge < -0.3 is 9.47 Å². The lowest BCUT2D eigenvalue weighted by Crippen LogP contribution is -2.29. The highest BCUT2D eigenvalue weighted by atomic mass is 35.5. The van der Waals surface area contributed by atoms with Crippen LogP contribution in [0.15, 0.2) is 35.2 Å². The van der Waals surface area contributed by atoms with Gasteiger partial charge in [-0.25, -0.2) is 18.5 Å². The average molecular weight is 395 g/mol. The Bertz CT molecular complexity index is 933. The quantitative estimate of drug-likeness (QED) is 0.813. The molecule has 2 heterocycles. The zero-order valence-electron chi connectivity index (χ0n) is 14.9. The third-order valence-corrected chi connectivity index (χ3v) is 5.60. The van der Waals surface area contributed by atoms with Crippen LogP contribution in [0, 0.1) is 0 Å². The van der Waals surface area contributed by atoms with E-state index in [0.717, 1.165) is 55.4 Å². The fourth-order valence-corrected chi connectivity index (χ4v) is 3.93. The number of nitrogens with two attached hydrogens (primary N) is 1. The van der Waals surface area contributed by atoms with Gasteiger partial charge in [0.15, 0.2) is 0 Å². The molecule has 0 fully saturated rings. The van der Waals surface area contributed by atoms with Crippen molar-refractivity contribution < 1.29 is 8.42 Å². The minimum absolute atomic E-state index is 0.0881. The normalized spacial score (nSPS) is 14.3. The van der Waals surface area contributed by atoms with Crippen molar-refractivity contribution in [1.82, 2.24) is 9.55 Å². The molecule has 8 heteroatoms. The maximum Gasteiger partial charge on any atom is 0.238 e. The minimum atomic E-state index is -3.71. The monoisotopic (exact) mass is 394 g/mol. The van der Waals surface area contributed by atoms with E-state index >= 15 is 0 Å². The number of rotatable bonds is 6. The Morgan fingerprint density at radius 1 is 1.15 bits per heavy atom. The zero-order chi connectivity index (χ0) is 18.9. The van der Waals surface area contributed by atoms with E-state index in [1.165, 1.54) is 12.1 Å². The van der Waals surface area contributed by atoms with Crippen LogP contribution in [0.5, 0.6) is 0 Å². The predicted octanol–water partition coefficient (Wildman–Crippen LogP) is 3.42. The molecule has 2 N–H and O–H groups in total. The lowest BCUT2D eigenvalue weighted by atomic mass is 10.2. The summed E-state index contributed by atoms with van der Waals surface area (Å²) in [5.74, 6) is 1.82. The molecule has 1 aromatic carbocycles. The molecule has 3 rings (SSSR count). The molecule has 0 unspecified atom stereocenters. The molecular weight excluding hydrogens is 372 g/mol. The summed E-state index contributed by atoms with van der Waals surface area (Å²) >= 11 is 6.43. The van der Waals surface area contributed by atoms with Gasteiger partial charge in [-0.05, 0) is 43.2 Å². The van der Waals surface area contributed by atoms with Crippen LogP contribution in [0.2, 0.25) is 0 Å². The van der Waals surface area contributed by atoms with Crippen LogP contribution >= 0.6 is 11.6 Å². The van der Waals surface area contributed by atoms with Gasteiger partial charge in [0.05, 0.1) is 9.93 Å². The maximum atomic E-state index is 11.5. The van der Waals surface area contributed by atoms with Crippen molar-refractivity contribution in [2.45, 2.75) is 38.1 Å². The van der Waals surface area contributed by atoms with Gasteiger partial charge in [0, 0.05) is 25.2 Å². The highest BCUT2D eigenvalue weighted by Crippen LogP contribution is 2.37. The Morgan fingerprint density at radius 2 is 1.81 bits per heavy atom. The Morgan fingerprint density at radius 3 is 2.38 bits per heavy atom. The summed E-state index contributed by atoms with van der Waals surface area (Å²) in [5, 5.41) is 5.85. The number of hydrogen-bond donors (Lipinski definition) is 1. The number of aromatic nitrogens is 2. The van der Waals surface area contributed by atoms with Crippen LogP contribution in [-0.4, -0.2) is 31.1 Å². The highest BCUT2D eigenvalue weighted by molar-refractivity contribution is 7.89. The minimum Gasteiger partial charge on any atom is -0.352 e. The smallest absolute Gasteiger partial charge is 0.238 e. The molecule has 1 aliphatic rings. The lowest BCUT2D eigenvalue weighted by molar-refractivity contribution is 0.598. The summed E-state index contributed by atoms with van der Waals surface area (Å²) in [4.78, 5) is 7.16. The number of hydrogen-bond acceptors (Lipinski definition) is 4. The van der Waals surface area contributed by atoms with Gasteiger partial charge in [-0.3, -0.25) is 0 Å². The molecule has 0 spiro atoms. The van der Waals surface area contributed by atoms with Crippen molar-refractivity contribution in [2.75, 3.05) is 18.0 Å². The SMILES string of the molecule is CCCN1CC=C(Cl)c2nc(-c3ccc(S(N)(=O)=O)cc3)n(CCC)c21. The highest BCUT2D eigenvalue weighted by Gasteiger charge is 2.26. The van der Waals surface area contributed by atoms with Crippen LogP contribution in [0.4, 0.5) is 5.82 Å². The predicted molar refractivity (Wildman–Crippen MR) is 106 cm³/mol. The number of sulfonamides is 1. The second-order valence-corrected chi connectivity index (χ2v) is 8.30. The lowest BCUT2D eigenvalue weighted by Gasteiger charge is -2.28. The third kappa shape index (κ3) is 3.51. The van der Waals surface area contributed by atoms with E-state index in [4.69, 9.17) is 21.7 Å². The van der Waals surface area contributed by atoms with E-state index in [1.807, 2.05) is 6.08 Å². The largest absolute Gasteiger partial charge is 0.352 e. The van der Waals surface area contributed by atoms with Gasteiger partial charge in [-0.15, -0.1) is 0 Å². The molecule has 26 heavy (non-hydrogen) atoms. The van der Waals surface area contributed by atoms with Crippen LogP contribution in [-0.2, 0) is 16.6 Å². The number of benzene rings is 1. The summed E-state index contributed by atoms with van der Waals surface area (Å²) in [5.41, 5.74) is 1.62. The molecule has 6 nitrogen and oxygen atoms in total. The first-order valence-corrected chi connectivity index (χ1v) is 10.6. The topological polar surface area (TPSA) is 81.2 Å². The first kappa shape index (κ1) is 18.9. The van der Waals surface area contributed by atoms with Crippen LogP contribution in [0.25, 0.3) is 16.4 Å². The molecule has 0 radical (unpaired) electrons. The van der Waals surface area contributed by atoms with Gasteiger partial charge in [0.2, 0.25) is 10.0 Å². The Hall–Kier alpha value is -1.83. The first-order valence-electron chi connectivity index (χ1n) is 8.71. The number of anilines is 1. The number of fused-ring (bicyclic) bond motifs is 1. The second kappa shape index (κ2) is 7.42. The van der Waals surface area contributed by atoms with Gasteiger partial charge in [0.1, 0.15) is 17.3 Å². The molecule has 0 aliphatic carbocycles. The average Bonchev–Trinajstić information content (AvgIpc) is 2.98. The third-order valence-electron chi connectivity index (χ3n) is 4.34. The Kier molecular flexibility index (Phi) is 5.41. The number of halogens is 1. The van der Waals surface area contributed by atoms with Gasteiger partial charge in [-0.1, -0.05) is 25.4 Å². The molecule has 2 aromatic rings. The molecule has 1 aliphatic heterocycles. The Balaban J connectivity index is 2.13. The summed E-state index contributed by atoms with van der Waals surface area (Å²) in [6.07, 6.45) is 3.96. The van der Waals surface area contributed by atoms with E-state index < -0.39 is 10.0 Å². The van der Waals surface area contributed by atoms with Crippen molar-refractivity contribution in [2.24, 2.45) is 5.14 Å². The fraction of sp³-hybridized carbons (Fsp3) is 0.389. The summed E-state index contributed by atoms with van der Waals surface area (Å²) < 4.78 is 25.2. The van der Waals surface area contributed by atoms with Crippen molar-refractivity contribution in [3.05, 3.63) is 36.0 Å². The Labute approximate surface area is 159 Å². The van der Waals surface area contributed by atoms with Gasteiger partial charge in [-0.2, -0.15) is 0 Å². The van der Waals surface area contributed by atoms with Gasteiger partial charge in [0.25, 0.3) is 0 Å². The molecule has 140 valence electrons. The maximum absolute atomic E-state index is 11.5. The standard InChI is InChI=1S/C18H23ClN4O2S/c1-3-10-22-12-9-15(19)16-18(22)23(11-4-2)17(21-16)13-5-7-14(8-6-13)26(20,24)25/h5-9H,3-4,10-12H2,1-2H3,(H2,20,24,25). The van der Waals surface area contributed by atoms with Crippen molar-refractivity contribution in [1.29, 1.82) is 0 Å². The van der Waals surface area contributed by atoms with Gasteiger partial charge >= 0.3 is 0 Å². The molecule has 0 saturated carbocycles. The van der Waals surface area contributed by atoms with E-state index in [-0.39, 0.29) is 4.90 Å². The van der Waals surface area contributed by atoms with E-state index in [1.54, 1.807) is 12.1 Å². The zero-order valence-corrected chi connectivity index (χ0v) is 16.5. The van der Waals surface area contributed by atoms with E-state index in [0.29, 0.717) is 5.03 Å². The molecule has 0 saturated heterocycles. The summed E-state index contributed by atoms with van der Waals surface area (Å²) in [6, 6.07) is 6.49.